The number of fused-ring (bicyclic) bond motifs is 3. The summed E-state index contributed by atoms with van der Waals surface area (Å²) in [5.74, 6) is 0.754. The molecule has 2 nitrogen and oxygen atoms in total. The summed E-state index contributed by atoms with van der Waals surface area (Å²) < 4.78 is 0. The van der Waals surface area contributed by atoms with Gasteiger partial charge in [-0.3, -0.25) is 9.59 Å². The Hall–Kier alpha value is -1.18. The molecular formula is C15H18O2. The predicted molar refractivity (Wildman–Crippen MR) is 65.3 cm³/mol. The van der Waals surface area contributed by atoms with Crippen molar-refractivity contribution in [3.63, 3.8) is 0 Å². The van der Waals surface area contributed by atoms with Gasteiger partial charge < -0.3 is 0 Å². The maximum absolute atomic E-state index is 12.3. The van der Waals surface area contributed by atoms with E-state index in [9.17, 15) is 9.59 Å². The van der Waals surface area contributed by atoms with Crippen molar-refractivity contribution in [3.05, 3.63) is 23.3 Å². The second-order valence-corrected chi connectivity index (χ2v) is 6.58. The van der Waals surface area contributed by atoms with Gasteiger partial charge in [0.1, 0.15) is 0 Å². The Bertz CT molecular complexity index is 507. The Labute approximate surface area is 102 Å². The minimum Gasteiger partial charge on any atom is -0.295 e. The standard InChI is InChI=1S/C15H18O2/c1-8-12(16)6-9-5-10-11(15(8,9)4)7-14(2,3)13(10)17/h5-6,8,11H,7H2,1-4H3/t8-,11?,15+/m0/s1. The number of allylic oxidation sites excluding steroid dienone is 4. The highest BCUT2D eigenvalue weighted by Crippen LogP contribution is 2.62. The highest BCUT2D eigenvalue weighted by atomic mass is 16.1. The average Bonchev–Trinajstić information content (AvgIpc) is 2.71. The van der Waals surface area contributed by atoms with E-state index in [0.29, 0.717) is 0 Å². The summed E-state index contributed by atoms with van der Waals surface area (Å²) in [5, 5.41) is 0. The summed E-state index contributed by atoms with van der Waals surface area (Å²) in [6.45, 7) is 8.18. The largest absolute Gasteiger partial charge is 0.295 e. The molecular weight excluding hydrogens is 212 g/mol. The molecule has 3 atom stereocenters. The second kappa shape index (κ2) is 2.80. The molecule has 0 heterocycles. The lowest BCUT2D eigenvalue weighted by Gasteiger charge is -2.34. The van der Waals surface area contributed by atoms with E-state index in [2.05, 4.69) is 6.92 Å². The van der Waals surface area contributed by atoms with Gasteiger partial charge in [-0.25, -0.2) is 0 Å². The smallest absolute Gasteiger partial charge is 0.164 e. The Morgan fingerprint density at radius 3 is 2.47 bits per heavy atom. The topological polar surface area (TPSA) is 34.1 Å². The van der Waals surface area contributed by atoms with Gasteiger partial charge in [0, 0.05) is 16.7 Å². The van der Waals surface area contributed by atoms with Crippen LogP contribution in [-0.2, 0) is 9.59 Å². The van der Waals surface area contributed by atoms with Crippen molar-refractivity contribution in [1.82, 2.24) is 0 Å². The van der Waals surface area contributed by atoms with Gasteiger partial charge in [0.15, 0.2) is 11.6 Å². The van der Waals surface area contributed by atoms with Crippen molar-refractivity contribution >= 4 is 11.6 Å². The molecule has 2 heteroatoms. The van der Waals surface area contributed by atoms with Gasteiger partial charge in [0.05, 0.1) is 0 Å². The van der Waals surface area contributed by atoms with E-state index < -0.39 is 0 Å². The first-order chi connectivity index (χ1) is 7.78. The number of Topliss-reactive ketones (excluding diaryl/α,β-unsaturated/α-hetero) is 1. The first kappa shape index (κ1) is 10.9. The van der Waals surface area contributed by atoms with Crippen LogP contribution in [0.2, 0.25) is 0 Å². The lowest BCUT2D eigenvalue weighted by atomic mass is 9.68. The summed E-state index contributed by atoms with van der Waals surface area (Å²) in [7, 11) is 0. The molecule has 0 aromatic heterocycles. The first-order valence-electron chi connectivity index (χ1n) is 6.31. The molecule has 0 aromatic carbocycles. The van der Waals surface area contributed by atoms with Crippen LogP contribution in [0.3, 0.4) is 0 Å². The zero-order valence-corrected chi connectivity index (χ0v) is 10.8. The van der Waals surface area contributed by atoms with Gasteiger partial charge in [-0.15, -0.1) is 0 Å². The minimum absolute atomic E-state index is 0.0120. The third-order valence-electron chi connectivity index (χ3n) is 5.25. The van der Waals surface area contributed by atoms with Gasteiger partial charge in [0.25, 0.3) is 0 Å². The summed E-state index contributed by atoms with van der Waals surface area (Å²) >= 11 is 0. The van der Waals surface area contributed by atoms with Crippen LogP contribution in [0, 0.1) is 22.7 Å². The van der Waals surface area contributed by atoms with Gasteiger partial charge in [0.2, 0.25) is 0 Å². The monoisotopic (exact) mass is 230 g/mol. The van der Waals surface area contributed by atoms with Crippen LogP contribution in [0.1, 0.15) is 34.1 Å². The van der Waals surface area contributed by atoms with Crippen LogP contribution in [0.25, 0.3) is 0 Å². The molecule has 0 spiro atoms. The molecule has 0 aromatic rings. The molecule has 0 saturated heterocycles. The van der Waals surface area contributed by atoms with Crippen LogP contribution >= 0.6 is 0 Å². The highest BCUT2D eigenvalue weighted by molar-refractivity contribution is 6.06. The lowest BCUT2D eigenvalue weighted by Crippen LogP contribution is -2.31. The fraction of sp³-hybridized carbons (Fsp3) is 0.600. The summed E-state index contributed by atoms with van der Waals surface area (Å²) in [6, 6.07) is 0. The Balaban J connectivity index is 2.14. The maximum Gasteiger partial charge on any atom is 0.164 e. The van der Waals surface area contributed by atoms with Crippen molar-refractivity contribution in [1.29, 1.82) is 0 Å². The van der Waals surface area contributed by atoms with Crippen molar-refractivity contribution in [2.24, 2.45) is 22.7 Å². The van der Waals surface area contributed by atoms with E-state index in [-0.39, 0.29) is 34.2 Å². The summed E-state index contributed by atoms with van der Waals surface area (Å²) in [4.78, 5) is 24.1. The third-order valence-corrected chi connectivity index (χ3v) is 5.25. The average molecular weight is 230 g/mol. The molecule has 90 valence electrons. The predicted octanol–water partition coefficient (Wildman–Crippen LogP) is 2.69. The van der Waals surface area contributed by atoms with Crippen LogP contribution in [-0.4, -0.2) is 11.6 Å². The highest BCUT2D eigenvalue weighted by Gasteiger charge is 2.59. The zero-order valence-electron chi connectivity index (χ0n) is 10.8. The minimum atomic E-state index is -0.254. The number of rotatable bonds is 0. The van der Waals surface area contributed by atoms with E-state index in [4.69, 9.17) is 0 Å². The SMILES string of the molecule is C[C@H]1C(=O)C=C2C=C3C(=O)C(C)(C)CC3[C@@]21C. The second-order valence-electron chi connectivity index (χ2n) is 6.58. The molecule has 0 bridgehead atoms. The molecule has 1 unspecified atom stereocenters. The Kier molecular flexibility index (Phi) is 1.80. The third kappa shape index (κ3) is 1.07. The molecule has 1 saturated carbocycles. The van der Waals surface area contributed by atoms with Crippen LogP contribution in [0.15, 0.2) is 23.3 Å². The van der Waals surface area contributed by atoms with Crippen molar-refractivity contribution in [2.45, 2.75) is 34.1 Å². The first-order valence-corrected chi connectivity index (χ1v) is 6.31. The molecule has 1 fully saturated rings. The van der Waals surface area contributed by atoms with Gasteiger partial charge in [-0.1, -0.05) is 33.8 Å². The molecule has 17 heavy (non-hydrogen) atoms. The maximum atomic E-state index is 12.3. The summed E-state index contributed by atoms with van der Waals surface area (Å²) in [6.07, 6.45) is 4.61. The number of hydrogen-bond acceptors (Lipinski definition) is 2. The van der Waals surface area contributed by atoms with Gasteiger partial charge in [-0.2, -0.15) is 0 Å². The summed E-state index contributed by atoms with van der Waals surface area (Å²) in [5.41, 5.74) is 1.66. The molecule has 0 aliphatic heterocycles. The van der Waals surface area contributed by atoms with Crippen LogP contribution in [0.5, 0.6) is 0 Å². The van der Waals surface area contributed by atoms with Crippen molar-refractivity contribution in [2.75, 3.05) is 0 Å². The number of hydrogen-bond donors (Lipinski definition) is 0. The Morgan fingerprint density at radius 2 is 1.82 bits per heavy atom. The lowest BCUT2D eigenvalue weighted by molar-refractivity contribution is -0.121. The number of carbonyl (C=O) groups excluding carboxylic acids is 2. The van der Waals surface area contributed by atoms with E-state index >= 15 is 0 Å². The fourth-order valence-electron chi connectivity index (χ4n) is 3.81. The molecule has 0 radical (unpaired) electrons. The van der Waals surface area contributed by atoms with Crippen molar-refractivity contribution in [3.8, 4) is 0 Å². The molecule has 3 aliphatic rings. The molecule has 0 amide bonds. The normalized spacial score (nSPS) is 42.4. The van der Waals surface area contributed by atoms with Crippen LogP contribution < -0.4 is 0 Å². The fourth-order valence-corrected chi connectivity index (χ4v) is 3.81. The molecule has 0 N–H and O–H groups in total. The van der Waals surface area contributed by atoms with E-state index in [0.717, 1.165) is 17.6 Å². The van der Waals surface area contributed by atoms with Crippen molar-refractivity contribution < 1.29 is 9.59 Å². The van der Waals surface area contributed by atoms with E-state index in [1.807, 2.05) is 26.8 Å². The van der Waals surface area contributed by atoms with Gasteiger partial charge >= 0.3 is 0 Å². The Morgan fingerprint density at radius 1 is 1.18 bits per heavy atom. The quantitative estimate of drug-likeness (QED) is 0.641. The van der Waals surface area contributed by atoms with E-state index in [1.165, 1.54) is 0 Å². The van der Waals surface area contributed by atoms with Crippen LogP contribution in [0.4, 0.5) is 0 Å². The zero-order chi connectivity index (χ0) is 12.6. The molecule has 3 rings (SSSR count). The van der Waals surface area contributed by atoms with E-state index in [1.54, 1.807) is 6.08 Å². The number of carbonyl (C=O) groups is 2. The number of ketones is 2. The van der Waals surface area contributed by atoms with Gasteiger partial charge in [-0.05, 0) is 29.6 Å². The molecule has 3 aliphatic carbocycles.